The van der Waals surface area contributed by atoms with Gasteiger partial charge in [0.25, 0.3) is 0 Å². The molecule has 0 saturated carbocycles. The Hall–Kier alpha value is -1.14. The van der Waals surface area contributed by atoms with Gasteiger partial charge in [0, 0.05) is 13.0 Å². The number of hydrogen-bond acceptors (Lipinski definition) is 6. The van der Waals surface area contributed by atoms with E-state index in [1.54, 1.807) is 0 Å². The third kappa shape index (κ3) is 32.8. The van der Waals surface area contributed by atoms with Crippen LogP contribution in [-0.2, 0) is 19.1 Å². The molecule has 0 bridgehead atoms. The van der Waals surface area contributed by atoms with Crippen molar-refractivity contribution in [3.8, 4) is 0 Å². The van der Waals surface area contributed by atoms with Gasteiger partial charge in [-0.25, -0.2) is 0 Å². The Morgan fingerprint density at radius 2 is 1.00 bits per heavy atom. The number of aliphatic hydroxyl groups is 1. The van der Waals surface area contributed by atoms with Gasteiger partial charge in [0.15, 0.2) is 0 Å². The number of esters is 2. The highest BCUT2D eigenvalue weighted by molar-refractivity contribution is 5.75. The summed E-state index contributed by atoms with van der Waals surface area (Å²) in [5, 5.41) is 9.64. The molecule has 0 fully saturated rings. The number of carbonyl (C=O) groups is 2. The van der Waals surface area contributed by atoms with Gasteiger partial charge in [0.2, 0.25) is 0 Å². The molecule has 0 amide bonds. The van der Waals surface area contributed by atoms with Gasteiger partial charge in [0.05, 0.1) is 25.2 Å². The van der Waals surface area contributed by atoms with Crippen LogP contribution in [0.4, 0.5) is 0 Å². The van der Waals surface area contributed by atoms with Crippen LogP contribution < -0.4 is 0 Å². The molecular weight excluding hydrogens is 659 g/mol. The van der Waals surface area contributed by atoms with E-state index in [2.05, 4.69) is 53.4 Å². The van der Waals surface area contributed by atoms with Crippen LogP contribution in [0.1, 0.15) is 235 Å². The molecule has 1 N–H and O–H groups in total. The molecule has 0 radical (unpaired) electrons. The Bertz CT molecular complexity index is 814. The minimum atomic E-state index is -0.431. The Morgan fingerprint density at radius 3 is 1.55 bits per heavy atom. The van der Waals surface area contributed by atoms with Crippen molar-refractivity contribution >= 4 is 11.9 Å². The fourth-order valence-electron chi connectivity index (χ4n) is 7.37. The second-order valence-electron chi connectivity index (χ2n) is 18.0. The van der Waals surface area contributed by atoms with Crippen molar-refractivity contribution in [3.63, 3.8) is 0 Å². The van der Waals surface area contributed by atoms with Crippen molar-refractivity contribution < 1.29 is 24.2 Å². The number of hydrogen-bond donors (Lipinski definition) is 1. The van der Waals surface area contributed by atoms with E-state index in [1.807, 2.05) is 0 Å². The molecule has 0 aromatic heterocycles. The van der Waals surface area contributed by atoms with Crippen LogP contribution in [-0.4, -0.2) is 61.4 Å². The Kier molecular flexibility index (Phi) is 34.5. The zero-order valence-electron chi connectivity index (χ0n) is 36.9. The van der Waals surface area contributed by atoms with Crippen molar-refractivity contribution in [2.45, 2.75) is 235 Å². The van der Waals surface area contributed by atoms with Gasteiger partial charge in [0.1, 0.15) is 0 Å². The zero-order chi connectivity index (χ0) is 39.5. The molecule has 6 heteroatoms. The van der Waals surface area contributed by atoms with Crippen molar-refractivity contribution in [1.82, 2.24) is 4.90 Å². The molecule has 0 unspecified atom stereocenters. The van der Waals surface area contributed by atoms with Gasteiger partial charge in [-0.2, -0.15) is 0 Å². The maximum Gasteiger partial charge on any atom is 0.311 e. The van der Waals surface area contributed by atoms with E-state index in [-0.39, 0.29) is 24.0 Å². The van der Waals surface area contributed by atoms with Gasteiger partial charge in [-0.05, 0) is 83.2 Å². The van der Waals surface area contributed by atoms with Crippen LogP contribution >= 0.6 is 0 Å². The minimum absolute atomic E-state index is 0.00935. The standard InChI is InChI=1S/C47H93NO5/c1-8-11-14-17-18-21-27-34-44(50)53-42-46(4,5)35-28-24-31-38-48(39-40-49)37-30-23-22-29-36-47(6,7)45(51)52-41-43(32-25-19-15-12-9-2)33-26-20-16-13-10-3/h43,49H,8-42H2,1-7H3. The summed E-state index contributed by atoms with van der Waals surface area (Å²) >= 11 is 0. The predicted octanol–water partition coefficient (Wildman–Crippen LogP) is 13.4. The van der Waals surface area contributed by atoms with Crippen molar-refractivity contribution in [2.24, 2.45) is 16.7 Å². The molecule has 0 atom stereocenters. The average molecular weight is 752 g/mol. The molecule has 316 valence electrons. The molecular formula is C47H93NO5. The van der Waals surface area contributed by atoms with E-state index in [1.165, 1.54) is 109 Å². The van der Waals surface area contributed by atoms with E-state index in [0.29, 0.717) is 25.6 Å². The van der Waals surface area contributed by atoms with Gasteiger partial charge < -0.3 is 19.5 Å². The first kappa shape index (κ1) is 51.9. The third-order valence-electron chi connectivity index (χ3n) is 11.3. The van der Waals surface area contributed by atoms with Crippen LogP contribution in [0.2, 0.25) is 0 Å². The molecule has 0 saturated heterocycles. The summed E-state index contributed by atoms with van der Waals surface area (Å²) < 4.78 is 11.6. The summed E-state index contributed by atoms with van der Waals surface area (Å²) in [7, 11) is 0. The first-order chi connectivity index (χ1) is 25.5. The fourth-order valence-corrected chi connectivity index (χ4v) is 7.37. The Morgan fingerprint density at radius 1 is 0.547 bits per heavy atom. The Balaban J connectivity index is 4.25. The van der Waals surface area contributed by atoms with Crippen LogP contribution in [0.15, 0.2) is 0 Å². The van der Waals surface area contributed by atoms with Gasteiger partial charge in [-0.1, -0.05) is 169 Å². The van der Waals surface area contributed by atoms with Crippen molar-refractivity contribution in [1.29, 1.82) is 0 Å². The molecule has 0 aromatic carbocycles. The van der Waals surface area contributed by atoms with Crippen LogP contribution in [0.5, 0.6) is 0 Å². The first-order valence-electron chi connectivity index (χ1n) is 23.2. The van der Waals surface area contributed by atoms with Crippen LogP contribution in [0.3, 0.4) is 0 Å². The highest BCUT2D eigenvalue weighted by Gasteiger charge is 2.29. The van der Waals surface area contributed by atoms with E-state index < -0.39 is 5.41 Å². The largest absolute Gasteiger partial charge is 0.465 e. The fraction of sp³-hybridized carbons (Fsp3) is 0.957. The van der Waals surface area contributed by atoms with E-state index in [4.69, 9.17) is 9.47 Å². The molecule has 6 nitrogen and oxygen atoms in total. The van der Waals surface area contributed by atoms with E-state index in [9.17, 15) is 14.7 Å². The number of rotatable bonds is 40. The highest BCUT2D eigenvalue weighted by Crippen LogP contribution is 2.28. The molecule has 0 heterocycles. The molecule has 0 aromatic rings. The SMILES string of the molecule is CCCCCCCCCC(=O)OCC(C)(C)CCCCCN(CCO)CCCCCCC(C)(C)C(=O)OCC(CCCCCCC)CCCCCCC. The second kappa shape index (κ2) is 35.3. The lowest BCUT2D eigenvalue weighted by Gasteiger charge is -2.25. The summed E-state index contributed by atoms with van der Waals surface area (Å²) in [4.78, 5) is 27.8. The van der Waals surface area contributed by atoms with E-state index >= 15 is 0 Å². The normalized spacial score (nSPS) is 12.3. The summed E-state index contributed by atoms with van der Waals surface area (Å²) in [6.07, 6.45) is 34.2. The lowest BCUT2D eigenvalue weighted by atomic mass is 9.86. The summed E-state index contributed by atoms with van der Waals surface area (Å²) in [5.74, 6) is 0.452. The number of aliphatic hydroxyl groups excluding tert-OH is 1. The van der Waals surface area contributed by atoms with Gasteiger partial charge in [-0.3, -0.25) is 9.59 Å². The lowest BCUT2D eigenvalue weighted by Crippen LogP contribution is -2.29. The summed E-state index contributed by atoms with van der Waals surface area (Å²) in [6.45, 7) is 19.4. The predicted molar refractivity (Wildman–Crippen MR) is 227 cm³/mol. The smallest absolute Gasteiger partial charge is 0.311 e. The molecule has 0 aliphatic heterocycles. The lowest BCUT2D eigenvalue weighted by molar-refractivity contribution is -0.156. The first-order valence-corrected chi connectivity index (χ1v) is 23.2. The summed E-state index contributed by atoms with van der Waals surface area (Å²) in [6, 6.07) is 0. The minimum Gasteiger partial charge on any atom is -0.465 e. The monoisotopic (exact) mass is 752 g/mol. The van der Waals surface area contributed by atoms with Gasteiger partial charge in [-0.15, -0.1) is 0 Å². The van der Waals surface area contributed by atoms with Gasteiger partial charge >= 0.3 is 11.9 Å². The molecule has 0 spiro atoms. The average Bonchev–Trinajstić information content (AvgIpc) is 3.13. The number of ether oxygens (including phenoxy) is 2. The summed E-state index contributed by atoms with van der Waals surface area (Å²) in [5.41, 5.74) is -0.422. The molecule has 0 aliphatic rings. The van der Waals surface area contributed by atoms with Crippen LogP contribution in [0.25, 0.3) is 0 Å². The number of nitrogens with zero attached hydrogens (tertiary/aromatic N) is 1. The molecule has 0 aliphatic carbocycles. The number of unbranched alkanes of at least 4 members (excludes halogenated alkanes) is 19. The zero-order valence-corrected chi connectivity index (χ0v) is 36.9. The molecule has 53 heavy (non-hydrogen) atoms. The topological polar surface area (TPSA) is 76.1 Å². The van der Waals surface area contributed by atoms with E-state index in [0.717, 1.165) is 90.3 Å². The quantitative estimate of drug-likeness (QED) is 0.0496. The maximum atomic E-state index is 13.1. The van der Waals surface area contributed by atoms with Crippen molar-refractivity contribution in [3.05, 3.63) is 0 Å². The highest BCUT2D eigenvalue weighted by atomic mass is 16.5. The third-order valence-corrected chi connectivity index (χ3v) is 11.3. The van der Waals surface area contributed by atoms with Crippen molar-refractivity contribution in [2.75, 3.05) is 39.5 Å². The Labute approximate surface area is 331 Å². The second-order valence-corrected chi connectivity index (χ2v) is 18.0. The van der Waals surface area contributed by atoms with Crippen LogP contribution in [0, 0.1) is 16.7 Å². The number of carbonyl (C=O) groups excluding carboxylic acids is 2. The molecule has 0 rings (SSSR count). The maximum absolute atomic E-state index is 13.1.